The van der Waals surface area contributed by atoms with Crippen molar-refractivity contribution in [3.05, 3.63) is 95.6 Å². The summed E-state index contributed by atoms with van der Waals surface area (Å²) >= 11 is 0. The van der Waals surface area contributed by atoms with Crippen LogP contribution < -0.4 is 21.3 Å². The molecule has 3 rings (SSSR count). The number of urea groups is 2. The lowest BCUT2D eigenvalue weighted by atomic mass is 10.2. The molecule has 148 valence electrons. The van der Waals surface area contributed by atoms with Crippen LogP contribution in [0.4, 0.5) is 21.0 Å². The highest BCUT2D eigenvalue weighted by Crippen LogP contribution is 2.20. The van der Waals surface area contributed by atoms with Crippen molar-refractivity contribution < 1.29 is 9.59 Å². The third kappa shape index (κ3) is 6.39. The standard InChI is InChI=1S/C23H24N4O2/c1-17-12-13-20(26-22(28)24-15-18-8-4-2-5-9-18)14-21(17)27-23(29)25-16-19-10-6-3-7-11-19/h2-14H,15-16H2,1H3,(H2,24,26,28)(H2,25,27,29). The van der Waals surface area contributed by atoms with E-state index in [2.05, 4.69) is 21.3 Å². The second-order valence-corrected chi connectivity index (χ2v) is 6.62. The number of benzene rings is 3. The number of amides is 4. The zero-order valence-corrected chi connectivity index (χ0v) is 16.2. The molecule has 0 spiro atoms. The van der Waals surface area contributed by atoms with Crippen LogP contribution in [0.2, 0.25) is 0 Å². The average Bonchev–Trinajstić information content (AvgIpc) is 2.75. The normalized spacial score (nSPS) is 10.1. The van der Waals surface area contributed by atoms with Crippen molar-refractivity contribution in [3.8, 4) is 0 Å². The van der Waals surface area contributed by atoms with Crippen LogP contribution in [-0.4, -0.2) is 12.1 Å². The number of aryl methyl sites for hydroxylation is 1. The fraction of sp³-hybridized carbons (Fsp3) is 0.130. The third-order valence-corrected chi connectivity index (χ3v) is 4.34. The Morgan fingerprint density at radius 3 is 1.76 bits per heavy atom. The summed E-state index contributed by atoms with van der Waals surface area (Å²) in [5, 5.41) is 11.3. The molecule has 0 aliphatic carbocycles. The van der Waals surface area contributed by atoms with Gasteiger partial charge in [0.25, 0.3) is 0 Å². The molecule has 0 saturated heterocycles. The molecule has 0 heterocycles. The molecule has 0 radical (unpaired) electrons. The Balaban J connectivity index is 1.53. The predicted octanol–water partition coefficient (Wildman–Crippen LogP) is 4.64. The van der Waals surface area contributed by atoms with E-state index in [1.165, 1.54) is 0 Å². The second-order valence-electron chi connectivity index (χ2n) is 6.62. The fourth-order valence-electron chi connectivity index (χ4n) is 2.73. The fourth-order valence-corrected chi connectivity index (χ4v) is 2.73. The maximum absolute atomic E-state index is 12.2. The minimum absolute atomic E-state index is 0.303. The van der Waals surface area contributed by atoms with Crippen LogP contribution >= 0.6 is 0 Å². The molecular weight excluding hydrogens is 364 g/mol. The summed E-state index contributed by atoms with van der Waals surface area (Å²) in [5.41, 5.74) is 4.17. The SMILES string of the molecule is Cc1ccc(NC(=O)NCc2ccccc2)cc1NC(=O)NCc1ccccc1. The highest BCUT2D eigenvalue weighted by Gasteiger charge is 2.08. The molecule has 0 unspecified atom stereocenters. The van der Waals surface area contributed by atoms with Gasteiger partial charge in [0.15, 0.2) is 0 Å². The molecule has 3 aromatic rings. The number of carbonyl (C=O) groups excluding carboxylic acids is 2. The summed E-state index contributed by atoms with van der Waals surface area (Å²) in [5.74, 6) is 0. The van der Waals surface area contributed by atoms with Gasteiger partial charge in [-0.2, -0.15) is 0 Å². The van der Waals surface area contributed by atoms with Crippen LogP contribution in [0.5, 0.6) is 0 Å². The molecule has 3 aromatic carbocycles. The number of carbonyl (C=O) groups is 2. The van der Waals surface area contributed by atoms with Gasteiger partial charge in [0.1, 0.15) is 0 Å². The topological polar surface area (TPSA) is 82.3 Å². The van der Waals surface area contributed by atoms with Crippen molar-refractivity contribution in [2.45, 2.75) is 20.0 Å². The van der Waals surface area contributed by atoms with E-state index in [4.69, 9.17) is 0 Å². The van der Waals surface area contributed by atoms with E-state index in [1.54, 1.807) is 12.1 Å². The van der Waals surface area contributed by atoms with E-state index in [0.717, 1.165) is 16.7 Å². The van der Waals surface area contributed by atoms with Crippen molar-refractivity contribution in [2.24, 2.45) is 0 Å². The highest BCUT2D eigenvalue weighted by atomic mass is 16.2. The molecule has 0 aliphatic rings. The lowest BCUT2D eigenvalue weighted by molar-refractivity contribution is 0.251. The van der Waals surface area contributed by atoms with Crippen molar-refractivity contribution in [2.75, 3.05) is 10.6 Å². The second kappa shape index (κ2) is 9.94. The smallest absolute Gasteiger partial charge is 0.319 e. The Labute approximate surface area is 170 Å². The van der Waals surface area contributed by atoms with Crippen molar-refractivity contribution in [1.82, 2.24) is 10.6 Å². The number of anilines is 2. The lowest BCUT2D eigenvalue weighted by Gasteiger charge is -2.13. The zero-order valence-electron chi connectivity index (χ0n) is 16.2. The summed E-state index contributed by atoms with van der Waals surface area (Å²) in [6, 6.07) is 24.1. The van der Waals surface area contributed by atoms with Crippen LogP contribution in [0.15, 0.2) is 78.9 Å². The van der Waals surface area contributed by atoms with Gasteiger partial charge in [0.05, 0.1) is 0 Å². The molecule has 0 bridgehead atoms. The number of rotatable bonds is 6. The molecule has 0 fully saturated rings. The van der Waals surface area contributed by atoms with E-state index in [-0.39, 0.29) is 12.1 Å². The summed E-state index contributed by atoms with van der Waals surface area (Å²) < 4.78 is 0. The van der Waals surface area contributed by atoms with Crippen molar-refractivity contribution in [3.63, 3.8) is 0 Å². The molecule has 6 heteroatoms. The minimum Gasteiger partial charge on any atom is -0.334 e. The van der Waals surface area contributed by atoms with Gasteiger partial charge in [-0.3, -0.25) is 0 Å². The van der Waals surface area contributed by atoms with Gasteiger partial charge < -0.3 is 21.3 Å². The minimum atomic E-state index is -0.308. The van der Waals surface area contributed by atoms with Crippen LogP contribution in [-0.2, 0) is 13.1 Å². The van der Waals surface area contributed by atoms with E-state index >= 15 is 0 Å². The van der Waals surface area contributed by atoms with Gasteiger partial charge >= 0.3 is 12.1 Å². The van der Waals surface area contributed by atoms with Crippen LogP contribution in [0.1, 0.15) is 16.7 Å². The maximum Gasteiger partial charge on any atom is 0.319 e. The van der Waals surface area contributed by atoms with Crippen molar-refractivity contribution in [1.29, 1.82) is 0 Å². The van der Waals surface area contributed by atoms with Crippen LogP contribution in [0.3, 0.4) is 0 Å². The largest absolute Gasteiger partial charge is 0.334 e. The molecule has 4 amide bonds. The van der Waals surface area contributed by atoms with Crippen LogP contribution in [0.25, 0.3) is 0 Å². The average molecular weight is 388 g/mol. The number of hydrogen-bond donors (Lipinski definition) is 4. The predicted molar refractivity (Wildman–Crippen MR) is 116 cm³/mol. The van der Waals surface area contributed by atoms with E-state index in [0.29, 0.717) is 24.5 Å². The summed E-state index contributed by atoms with van der Waals surface area (Å²) in [4.78, 5) is 24.4. The Hall–Kier alpha value is -3.80. The number of nitrogens with one attached hydrogen (secondary N) is 4. The van der Waals surface area contributed by atoms with Gasteiger partial charge in [0, 0.05) is 24.5 Å². The first kappa shape index (κ1) is 19.9. The number of hydrogen-bond acceptors (Lipinski definition) is 2. The van der Waals surface area contributed by atoms with Crippen LogP contribution in [0, 0.1) is 6.92 Å². The molecule has 0 atom stereocenters. The van der Waals surface area contributed by atoms with Gasteiger partial charge in [-0.15, -0.1) is 0 Å². The summed E-state index contributed by atoms with van der Waals surface area (Å²) in [6.07, 6.45) is 0. The zero-order chi connectivity index (χ0) is 20.5. The van der Waals surface area contributed by atoms with E-state index in [9.17, 15) is 9.59 Å². The first-order valence-corrected chi connectivity index (χ1v) is 9.38. The third-order valence-electron chi connectivity index (χ3n) is 4.34. The van der Waals surface area contributed by atoms with Gasteiger partial charge in [-0.05, 0) is 35.7 Å². The van der Waals surface area contributed by atoms with Gasteiger partial charge in [0.2, 0.25) is 0 Å². The van der Waals surface area contributed by atoms with Gasteiger partial charge in [-0.1, -0.05) is 66.7 Å². The Morgan fingerprint density at radius 2 is 1.21 bits per heavy atom. The van der Waals surface area contributed by atoms with Crippen molar-refractivity contribution >= 4 is 23.4 Å². The molecule has 0 aromatic heterocycles. The monoisotopic (exact) mass is 388 g/mol. The first-order chi connectivity index (χ1) is 14.1. The Kier molecular flexibility index (Phi) is 6.84. The first-order valence-electron chi connectivity index (χ1n) is 9.38. The molecular formula is C23H24N4O2. The summed E-state index contributed by atoms with van der Waals surface area (Å²) in [6.45, 7) is 2.77. The highest BCUT2D eigenvalue weighted by molar-refractivity contribution is 5.93. The molecule has 4 N–H and O–H groups in total. The molecule has 0 saturated carbocycles. The Bertz CT molecular complexity index is 959. The van der Waals surface area contributed by atoms with E-state index in [1.807, 2.05) is 73.7 Å². The van der Waals surface area contributed by atoms with E-state index < -0.39 is 0 Å². The maximum atomic E-state index is 12.2. The molecule has 0 aliphatic heterocycles. The van der Waals surface area contributed by atoms with Gasteiger partial charge in [-0.25, -0.2) is 9.59 Å². The molecule has 6 nitrogen and oxygen atoms in total. The quantitative estimate of drug-likeness (QED) is 0.496. The lowest BCUT2D eigenvalue weighted by Crippen LogP contribution is -2.29. The summed E-state index contributed by atoms with van der Waals surface area (Å²) in [7, 11) is 0. The Morgan fingerprint density at radius 1 is 0.690 bits per heavy atom. The molecule has 29 heavy (non-hydrogen) atoms.